The van der Waals surface area contributed by atoms with Crippen LogP contribution in [0.3, 0.4) is 0 Å². The number of guanidine groups is 1. The first kappa shape index (κ1) is 21.4. The predicted molar refractivity (Wildman–Crippen MR) is 80.8 cm³/mol. The van der Waals surface area contributed by atoms with Crippen molar-refractivity contribution in [1.29, 1.82) is 0 Å². The molecule has 138 valence electrons. The van der Waals surface area contributed by atoms with Gasteiger partial charge in [-0.05, 0) is 12.8 Å². The van der Waals surface area contributed by atoms with Crippen LogP contribution in [0.25, 0.3) is 0 Å². The van der Waals surface area contributed by atoms with E-state index in [1.54, 1.807) is 0 Å². The van der Waals surface area contributed by atoms with E-state index < -0.39 is 48.3 Å². The number of nitrogens with zero attached hydrogens (tertiary/aromatic N) is 1. The maximum absolute atomic E-state index is 10.5. The number of ether oxygens (including phenoxy) is 1. The molecular formula is C12H22N4O8. The van der Waals surface area contributed by atoms with Crippen molar-refractivity contribution in [2.24, 2.45) is 22.2 Å². The highest BCUT2D eigenvalue weighted by molar-refractivity contribution is 5.89. The SMILES string of the molecule is NC(N)=NCCC[C@H](N)C(=O)O.O=C1O[C@H]([C@H](O)CO)C(O)=C1O. The van der Waals surface area contributed by atoms with Gasteiger partial charge in [-0.15, -0.1) is 0 Å². The summed E-state index contributed by atoms with van der Waals surface area (Å²) in [5, 5.41) is 43.4. The number of nitrogens with two attached hydrogens (primary N) is 3. The van der Waals surface area contributed by atoms with Crippen molar-refractivity contribution < 1.29 is 39.9 Å². The minimum Gasteiger partial charge on any atom is -0.505 e. The number of aliphatic imine (C=N–C) groups is 1. The van der Waals surface area contributed by atoms with Crippen LogP contribution in [0.1, 0.15) is 12.8 Å². The van der Waals surface area contributed by atoms with E-state index in [2.05, 4.69) is 9.73 Å². The lowest BCUT2D eigenvalue weighted by Gasteiger charge is -2.13. The lowest BCUT2D eigenvalue weighted by atomic mass is 10.2. The first-order chi connectivity index (χ1) is 11.1. The number of aliphatic hydroxyl groups is 4. The molecule has 0 spiro atoms. The number of hydrogen-bond donors (Lipinski definition) is 8. The zero-order chi connectivity index (χ0) is 18.9. The minimum absolute atomic E-state index is 0.0129. The molecule has 12 nitrogen and oxygen atoms in total. The standard InChI is InChI=1S/C6H14N4O2.C6H8O6/c7-4(5(11)12)2-1-3-10-6(8)9;7-1-2(8)5-3(9)4(10)6(11)12-5/h4H,1-3,7H2,(H,11,12)(H4,8,9,10);2,5,7-10H,1H2/t4-;2-,5-/m01/s1. The number of carboxylic acid groups (broad SMARTS) is 1. The number of cyclic esters (lactones) is 1. The smallest absolute Gasteiger partial charge is 0.377 e. The Hall–Kier alpha value is -2.57. The monoisotopic (exact) mass is 350 g/mol. The number of carboxylic acids is 1. The van der Waals surface area contributed by atoms with Gasteiger partial charge in [0.25, 0.3) is 0 Å². The molecule has 1 rings (SSSR count). The van der Waals surface area contributed by atoms with Gasteiger partial charge >= 0.3 is 11.9 Å². The van der Waals surface area contributed by atoms with E-state index in [0.29, 0.717) is 19.4 Å². The topological polar surface area (TPSA) is 235 Å². The highest BCUT2D eigenvalue weighted by Gasteiger charge is 2.38. The second kappa shape index (κ2) is 10.3. The molecule has 1 aliphatic heterocycles. The molecule has 0 saturated carbocycles. The fourth-order valence-corrected chi connectivity index (χ4v) is 1.47. The van der Waals surface area contributed by atoms with Gasteiger partial charge in [0.15, 0.2) is 17.8 Å². The van der Waals surface area contributed by atoms with Crippen LogP contribution in [0.15, 0.2) is 16.5 Å². The molecule has 0 bridgehead atoms. The van der Waals surface area contributed by atoms with Gasteiger partial charge in [-0.3, -0.25) is 9.79 Å². The Labute approximate surface area is 136 Å². The molecule has 0 unspecified atom stereocenters. The number of carbonyl (C=O) groups excluding carboxylic acids is 1. The van der Waals surface area contributed by atoms with E-state index in [9.17, 15) is 9.59 Å². The van der Waals surface area contributed by atoms with Gasteiger partial charge in [0, 0.05) is 6.54 Å². The zero-order valence-corrected chi connectivity index (χ0v) is 12.7. The molecule has 0 aromatic carbocycles. The summed E-state index contributed by atoms with van der Waals surface area (Å²) in [5.41, 5.74) is 15.3. The van der Waals surface area contributed by atoms with E-state index in [-0.39, 0.29) is 5.96 Å². The maximum atomic E-state index is 10.5. The molecule has 1 heterocycles. The number of aliphatic carboxylic acids is 1. The Kier molecular flexibility index (Phi) is 9.15. The summed E-state index contributed by atoms with van der Waals surface area (Å²) in [4.78, 5) is 24.4. The van der Waals surface area contributed by atoms with Gasteiger partial charge in [0.05, 0.1) is 6.61 Å². The zero-order valence-electron chi connectivity index (χ0n) is 12.7. The van der Waals surface area contributed by atoms with Gasteiger partial charge in [-0.25, -0.2) is 4.79 Å². The fraction of sp³-hybridized carbons (Fsp3) is 0.583. The molecule has 0 fully saturated rings. The number of carbonyl (C=O) groups is 2. The van der Waals surface area contributed by atoms with Crippen LogP contribution in [0.4, 0.5) is 0 Å². The van der Waals surface area contributed by atoms with Crippen LogP contribution in [0, 0.1) is 0 Å². The van der Waals surface area contributed by atoms with Crippen LogP contribution < -0.4 is 17.2 Å². The van der Waals surface area contributed by atoms with Crippen molar-refractivity contribution in [2.45, 2.75) is 31.1 Å². The highest BCUT2D eigenvalue weighted by Crippen LogP contribution is 2.20. The van der Waals surface area contributed by atoms with Gasteiger partial charge < -0.3 is 47.5 Å². The fourth-order valence-electron chi connectivity index (χ4n) is 1.47. The largest absolute Gasteiger partial charge is 0.505 e. The molecule has 0 aromatic rings. The summed E-state index contributed by atoms with van der Waals surface area (Å²) in [6, 6.07) is -0.820. The van der Waals surface area contributed by atoms with Crippen LogP contribution in [-0.2, 0) is 14.3 Å². The Morgan fingerprint density at radius 3 is 2.29 bits per heavy atom. The lowest BCUT2D eigenvalue weighted by molar-refractivity contribution is -0.147. The molecular weight excluding hydrogens is 328 g/mol. The quantitative estimate of drug-likeness (QED) is 0.0999. The molecule has 0 saturated heterocycles. The third-order valence-electron chi connectivity index (χ3n) is 2.76. The second-order valence-corrected chi connectivity index (χ2v) is 4.70. The molecule has 12 heteroatoms. The van der Waals surface area contributed by atoms with Crippen molar-refractivity contribution in [3.05, 3.63) is 11.5 Å². The number of rotatable bonds is 7. The second-order valence-electron chi connectivity index (χ2n) is 4.70. The van der Waals surface area contributed by atoms with Crippen LogP contribution in [0.2, 0.25) is 0 Å². The Bertz CT molecular complexity index is 503. The summed E-state index contributed by atoms with van der Waals surface area (Å²) in [5.74, 6) is -3.77. The van der Waals surface area contributed by atoms with Crippen LogP contribution in [0.5, 0.6) is 0 Å². The summed E-state index contributed by atoms with van der Waals surface area (Å²) in [6.45, 7) is -0.251. The van der Waals surface area contributed by atoms with E-state index in [1.807, 2.05) is 0 Å². The number of esters is 1. The number of hydrogen-bond acceptors (Lipinski definition) is 9. The molecule has 0 amide bonds. The summed E-state index contributed by atoms with van der Waals surface area (Å²) >= 11 is 0. The van der Waals surface area contributed by atoms with E-state index in [0.717, 1.165) is 0 Å². The predicted octanol–water partition coefficient (Wildman–Crippen LogP) is -2.96. The third kappa shape index (κ3) is 7.13. The van der Waals surface area contributed by atoms with Crippen LogP contribution in [-0.4, -0.2) is 74.8 Å². The van der Waals surface area contributed by atoms with Gasteiger partial charge in [-0.1, -0.05) is 0 Å². The molecule has 3 atom stereocenters. The first-order valence-corrected chi connectivity index (χ1v) is 6.77. The van der Waals surface area contributed by atoms with Crippen molar-refractivity contribution in [1.82, 2.24) is 0 Å². The Morgan fingerprint density at radius 1 is 1.33 bits per heavy atom. The van der Waals surface area contributed by atoms with Gasteiger partial charge in [-0.2, -0.15) is 0 Å². The normalized spacial score (nSPS) is 19.0. The van der Waals surface area contributed by atoms with Gasteiger partial charge in [0.2, 0.25) is 5.76 Å². The average Bonchev–Trinajstić information content (AvgIpc) is 2.78. The molecule has 24 heavy (non-hydrogen) atoms. The third-order valence-corrected chi connectivity index (χ3v) is 2.76. The lowest BCUT2D eigenvalue weighted by Crippen LogP contribution is -2.31. The van der Waals surface area contributed by atoms with Crippen molar-refractivity contribution in [3.8, 4) is 0 Å². The average molecular weight is 350 g/mol. The number of aliphatic hydroxyl groups excluding tert-OH is 4. The van der Waals surface area contributed by atoms with E-state index in [4.69, 9.17) is 42.7 Å². The van der Waals surface area contributed by atoms with Crippen LogP contribution >= 0.6 is 0 Å². The molecule has 11 N–H and O–H groups in total. The summed E-state index contributed by atoms with van der Waals surface area (Å²) in [6.07, 6.45) is -1.82. The maximum Gasteiger partial charge on any atom is 0.377 e. The summed E-state index contributed by atoms with van der Waals surface area (Å²) in [7, 11) is 0. The van der Waals surface area contributed by atoms with Crippen molar-refractivity contribution in [2.75, 3.05) is 13.2 Å². The molecule has 0 aromatic heterocycles. The molecule has 1 aliphatic rings. The van der Waals surface area contributed by atoms with Gasteiger partial charge in [0.1, 0.15) is 12.1 Å². The highest BCUT2D eigenvalue weighted by atomic mass is 16.6. The van der Waals surface area contributed by atoms with E-state index in [1.165, 1.54) is 0 Å². The summed E-state index contributed by atoms with van der Waals surface area (Å²) < 4.78 is 4.32. The molecule has 0 aliphatic carbocycles. The first-order valence-electron chi connectivity index (χ1n) is 6.77. The van der Waals surface area contributed by atoms with E-state index >= 15 is 0 Å². The Morgan fingerprint density at radius 2 is 1.92 bits per heavy atom. The van der Waals surface area contributed by atoms with Crippen molar-refractivity contribution >= 4 is 17.9 Å². The Balaban J connectivity index is 0.000000441. The minimum atomic E-state index is -1.42. The molecule has 0 radical (unpaired) electrons. The van der Waals surface area contributed by atoms with Crippen molar-refractivity contribution in [3.63, 3.8) is 0 Å².